The van der Waals surface area contributed by atoms with Crippen LogP contribution < -0.4 is 0 Å². The van der Waals surface area contributed by atoms with E-state index in [-0.39, 0.29) is 0 Å². The smallest absolute Gasteiger partial charge is 0.0590 e. The standard InChI is InChI=1S/C16H22BrNS.C2H6/c1-10-6-11(2)8-13(7-10)16(18-19)15-9-14(17)5-4-12(15)3;1-2/h4-5,9-11,13,19H,6-8H2,1-3H3;1-2H3/b18-16-;. The molecule has 3 heteroatoms. The molecule has 1 fully saturated rings. The third kappa shape index (κ3) is 5.14. The van der Waals surface area contributed by atoms with Crippen molar-refractivity contribution in [1.82, 2.24) is 0 Å². The molecule has 1 aromatic carbocycles. The number of hydrogen-bond acceptors (Lipinski definition) is 2. The summed E-state index contributed by atoms with van der Waals surface area (Å²) in [5.41, 5.74) is 3.69. The molecule has 0 spiro atoms. The molecule has 2 rings (SSSR count). The maximum absolute atomic E-state index is 4.34. The number of nitrogens with zero attached hydrogens (tertiary/aromatic N) is 1. The Morgan fingerprint density at radius 2 is 1.71 bits per heavy atom. The van der Waals surface area contributed by atoms with Gasteiger partial charge in [-0.25, -0.2) is 4.40 Å². The van der Waals surface area contributed by atoms with Crippen LogP contribution in [0.2, 0.25) is 0 Å². The molecule has 1 aliphatic carbocycles. The predicted molar refractivity (Wildman–Crippen MR) is 101 cm³/mol. The molecule has 2 unspecified atom stereocenters. The van der Waals surface area contributed by atoms with Crippen LogP contribution in [0.3, 0.4) is 0 Å². The molecule has 1 aliphatic rings. The van der Waals surface area contributed by atoms with Gasteiger partial charge in [-0.3, -0.25) is 0 Å². The summed E-state index contributed by atoms with van der Waals surface area (Å²) in [6.07, 6.45) is 3.80. The van der Waals surface area contributed by atoms with Crippen molar-refractivity contribution in [3.05, 3.63) is 33.8 Å². The van der Waals surface area contributed by atoms with E-state index >= 15 is 0 Å². The van der Waals surface area contributed by atoms with Gasteiger partial charge in [0.25, 0.3) is 0 Å². The van der Waals surface area contributed by atoms with E-state index in [0.29, 0.717) is 5.92 Å². The minimum atomic E-state index is 0.546. The maximum atomic E-state index is 4.34. The van der Waals surface area contributed by atoms with Crippen molar-refractivity contribution in [2.45, 2.75) is 53.9 Å². The average molecular weight is 370 g/mol. The van der Waals surface area contributed by atoms with Gasteiger partial charge in [0.15, 0.2) is 0 Å². The second kappa shape index (κ2) is 8.99. The first-order valence-corrected chi connectivity index (χ1v) is 9.19. The van der Waals surface area contributed by atoms with Gasteiger partial charge in [0, 0.05) is 16.0 Å². The van der Waals surface area contributed by atoms with Crippen molar-refractivity contribution < 1.29 is 0 Å². The van der Waals surface area contributed by atoms with Crippen molar-refractivity contribution >= 4 is 34.5 Å². The van der Waals surface area contributed by atoms with Crippen molar-refractivity contribution in [3.8, 4) is 0 Å². The SMILES string of the molecule is CC.Cc1ccc(Br)cc1/C(=N\S)C1CC(C)CC(C)C1. The highest BCUT2D eigenvalue weighted by molar-refractivity contribution is 9.10. The Morgan fingerprint density at radius 3 is 2.24 bits per heavy atom. The summed E-state index contributed by atoms with van der Waals surface area (Å²) in [7, 11) is 0. The molecule has 21 heavy (non-hydrogen) atoms. The third-order valence-electron chi connectivity index (χ3n) is 4.15. The molecule has 1 saturated carbocycles. The Hall–Kier alpha value is -0.280. The molecule has 0 saturated heterocycles. The fourth-order valence-electron chi connectivity index (χ4n) is 3.40. The summed E-state index contributed by atoms with van der Waals surface area (Å²) in [5, 5.41) is 0. The number of hydrogen-bond donors (Lipinski definition) is 1. The highest BCUT2D eigenvalue weighted by Crippen LogP contribution is 2.36. The number of aryl methyl sites for hydroxylation is 1. The van der Waals surface area contributed by atoms with Gasteiger partial charge in [0.05, 0.1) is 5.71 Å². The Kier molecular flexibility index (Phi) is 8.04. The highest BCUT2D eigenvalue weighted by Gasteiger charge is 2.28. The van der Waals surface area contributed by atoms with Gasteiger partial charge in [-0.2, -0.15) is 0 Å². The molecule has 0 N–H and O–H groups in total. The molecule has 0 bridgehead atoms. The first-order valence-electron chi connectivity index (χ1n) is 7.99. The van der Waals surface area contributed by atoms with E-state index in [9.17, 15) is 0 Å². The van der Waals surface area contributed by atoms with E-state index in [1.807, 2.05) is 13.8 Å². The van der Waals surface area contributed by atoms with Gasteiger partial charge >= 0.3 is 0 Å². The lowest BCUT2D eigenvalue weighted by atomic mass is 9.73. The molecule has 118 valence electrons. The molecule has 0 heterocycles. The van der Waals surface area contributed by atoms with Gasteiger partial charge in [0.2, 0.25) is 0 Å². The second-order valence-corrected chi connectivity index (χ2v) is 7.17. The highest BCUT2D eigenvalue weighted by atomic mass is 79.9. The number of thiol groups is 1. The largest absolute Gasteiger partial charge is 0.224 e. The zero-order valence-electron chi connectivity index (χ0n) is 13.9. The second-order valence-electron chi connectivity index (χ2n) is 6.06. The summed E-state index contributed by atoms with van der Waals surface area (Å²) < 4.78 is 5.45. The van der Waals surface area contributed by atoms with E-state index < -0.39 is 0 Å². The van der Waals surface area contributed by atoms with Crippen LogP contribution in [0, 0.1) is 24.7 Å². The summed E-state index contributed by atoms with van der Waals surface area (Å²) in [6.45, 7) is 10.9. The number of rotatable bonds is 2. The van der Waals surface area contributed by atoms with E-state index in [4.69, 9.17) is 0 Å². The molecule has 1 nitrogen and oxygen atoms in total. The zero-order valence-corrected chi connectivity index (χ0v) is 16.3. The van der Waals surface area contributed by atoms with Gasteiger partial charge < -0.3 is 0 Å². The Labute approximate surface area is 144 Å². The summed E-state index contributed by atoms with van der Waals surface area (Å²) >= 11 is 7.81. The van der Waals surface area contributed by atoms with E-state index in [1.165, 1.54) is 36.1 Å². The molecule has 0 aliphatic heterocycles. The van der Waals surface area contributed by atoms with Crippen LogP contribution in [0.15, 0.2) is 27.1 Å². The average Bonchev–Trinajstić information content (AvgIpc) is 2.45. The zero-order chi connectivity index (χ0) is 16.0. The van der Waals surface area contributed by atoms with Crippen molar-refractivity contribution in [3.63, 3.8) is 0 Å². The molecule has 2 atom stereocenters. The fraction of sp³-hybridized carbons (Fsp3) is 0.611. The molecular formula is C18H28BrNS. The fourth-order valence-corrected chi connectivity index (χ4v) is 4.03. The van der Waals surface area contributed by atoms with E-state index in [1.54, 1.807) is 0 Å². The van der Waals surface area contributed by atoms with Crippen LogP contribution in [-0.2, 0) is 0 Å². The van der Waals surface area contributed by atoms with E-state index in [0.717, 1.165) is 16.3 Å². The Morgan fingerprint density at radius 1 is 1.14 bits per heavy atom. The first-order chi connectivity index (χ1) is 10.0. The predicted octanol–water partition coefficient (Wildman–Crippen LogP) is 6.49. The monoisotopic (exact) mass is 369 g/mol. The van der Waals surface area contributed by atoms with Crippen LogP contribution in [0.4, 0.5) is 0 Å². The van der Waals surface area contributed by atoms with Crippen molar-refractivity contribution in [2.75, 3.05) is 0 Å². The molecule has 0 amide bonds. The maximum Gasteiger partial charge on any atom is 0.0590 e. The summed E-state index contributed by atoms with van der Waals surface area (Å²) in [5.74, 6) is 2.11. The topological polar surface area (TPSA) is 12.4 Å². The Balaban J connectivity index is 0.00000106. The molecule has 0 aromatic heterocycles. The summed E-state index contributed by atoms with van der Waals surface area (Å²) in [4.78, 5) is 0. The van der Waals surface area contributed by atoms with Crippen LogP contribution in [0.1, 0.15) is 58.1 Å². The lowest BCUT2D eigenvalue weighted by Crippen LogP contribution is -2.27. The van der Waals surface area contributed by atoms with Crippen molar-refractivity contribution in [2.24, 2.45) is 22.2 Å². The van der Waals surface area contributed by atoms with Crippen LogP contribution in [-0.4, -0.2) is 5.71 Å². The quantitative estimate of drug-likeness (QED) is 0.451. The lowest BCUT2D eigenvalue weighted by Gasteiger charge is -2.32. The minimum Gasteiger partial charge on any atom is -0.224 e. The lowest BCUT2D eigenvalue weighted by molar-refractivity contribution is 0.264. The van der Waals surface area contributed by atoms with Crippen LogP contribution in [0.5, 0.6) is 0 Å². The number of halogens is 1. The molecule has 1 aromatic rings. The molecular weight excluding hydrogens is 342 g/mol. The third-order valence-corrected chi connectivity index (χ3v) is 4.86. The van der Waals surface area contributed by atoms with Crippen LogP contribution >= 0.6 is 28.7 Å². The Bertz CT molecular complexity index is 474. The van der Waals surface area contributed by atoms with Gasteiger partial charge in [-0.15, -0.1) is 0 Å². The number of benzene rings is 1. The minimum absolute atomic E-state index is 0.546. The van der Waals surface area contributed by atoms with Crippen LogP contribution in [0.25, 0.3) is 0 Å². The molecule has 0 radical (unpaired) electrons. The van der Waals surface area contributed by atoms with Gasteiger partial charge in [-0.1, -0.05) is 49.7 Å². The van der Waals surface area contributed by atoms with Gasteiger partial charge in [0.1, 0.15) is 0 Å². The van der Waals surface area contributed by atoms with Crippen molar-refractivity contribution in [1.29, 1.82) is 0 Å². The summed E-state index contributed by atoms with van der Waals surface area (Å²) in [6, 6.07) is 6.41. The van der Waals surface area contributed by atoms with E-state index in [2.05, 4.69) is 72.1 Å². The van der Waals surface area contributed by atoms with Gasteiger partial charge in [-0.05, 0) is 68.5 Å². The normalized spacial score (nSPS) is 26.0. The first kappa shape index (κ1) is 18.8.